The molecule has 3 rings (SSSR count). The van der Waals surface area contributed by atoms with Crippen LogP contribution in [0.3, 0.4) is 0 Å². The molecule has 2 aliphatic rings. The van der Waals surface area contributed by atoms with Crippen molar-refractivity contribution < 1.29 is 8.42 Å². The average Bonchev–Trinajstić information content (AvgIpc) is 2.79. The van der Waals surface area contributed by atoms with Gasteiger partial charge in [0, 0.05) is 5.41 Å². The van der Waals surface area contributed by atoms with Gasteiger partial charge in [0.15, 0.2) is 0 Å². The molecule has 3 N–H and O–H groups in total. The highest BCUT2D eigenvalue weighted by atomic mass is 32.2. The van der Waals surface area contributed by atoms with E-state index in [1.807, 2.05) is 19.1 Å². The summed E-state index contributed by atoms with van der Waals surface area (Å²) in [5, 5.41) is 8.23. The van der Waals surface area contributed by atoms with Crippen LogP contribution in [0, 0.1) is 11.8 Å². The van der Waals surface area contributed by atoms with Gasteiger partial charge in [-0.2, -0.15) is 0 Å². The Kier molecular flexibility index (Phi) is 3.62. The summed E-state index contributed by atoms with van der Waals surface area (Å²) in [6.45, 7) is 6.26. The fourth-order valence-electron chi connectivity index (χ4n) is 4.49. The number of rotatable bonds is 5. The third kappa shape index (κ3) is 2.22. The van der Waals surface area contributed by atoms with Gasteiger partial charge in [0.25, 0.3) is 0 Å². The van der Waals surface area contributed by atoms with Crippen molar-refractivity contribution in [2.45, 2.75) is 37.4 Å². The molecule has 0 radical (unpaired) electrons. The van der Waals surface area contributed by atoms with E-state index in [0.717, 1.165) is 25.1 Å². The van der Waals surface area contributed by atoms with E-state index in [-0.39, 0.29) is 5.41 Å². The SMILES string of the molecule is CCC(c1cccc(C2(CC)C3CNCC32)c1)S(N)(=O)=O. The van der Waals surface area contributed by atoms with Crippen LogP contribution in [0.5, 0.6) is 0 Å². The van der Waals surface area contributed by atoms with E-state index in [9.17, 15) is 8.42 Å². The number of hydrogen-bond acceptors (Lipinski definition) is 3. The number of piperidine rings is 1. The molecule has 0 spiro atoms. The molecule has 3 atom stereocenters. The van der Waals surface area contributed by atoms with Crippen molar-refractivity contribution in [3.05, 3.63) is 35.4 Å². The quantitative estimate of drug-likeness (QED) is 0.873. The number of primary sulfonamides is 1. The Labute approximate surface area is 127 Å². The Morgan fingerprint density at radius 1 is 1.33 bits per heavy atom. The van der Waals surface area contributed by atoms with Gasteiger partial charge in [-0.15, -0.1) is 0 Å². The summed E-state index contributed by atoms with van der Waals surface area (Å²) in [7, 11) is -3.55. The fourth-order valence-corrected chi connectivity index (χ4v) is 5.48. The molecule has 1 heterocycles. The second-order valence-electron chi connectivity index (χ2n) is 6.38. The van der Waals surface area contributed by atoms with Crippen LogP contribution in [-0.4, -0.2) is 21.5 Å². The van der Waals surface area contributed by atoms with Gasteiger partial charge in [0.05, 0.1) is 5.25 Å². The Morgan fingerprint density at radius 3 is 2.52 bits per heavy atom. The minimum atomic E-state index is -3.55. The van der Waals surface area contributed by atoms with Crippen LogP contribution >= 0.6 is 0 Å². The highest BCUT2D eigenvalue weighted by Crippen LogP contribution is 2.63. The van der Waals surface area contributed by atoms with Gasteiger partial charge in [-0.1, -0.05) is 38.1 Å². The first-order valence-corrected chi connectivity index (χ1v) is 9.38. The van der Waals surface area contributed by atoms with Crippen molar-refractivity contribution in [3.8, 4) is 0 Å². The number of hydrogen-bond donors (Lipinski definition) is 2. The summed E-state index contributed by atoms with van der Waals surface area (Å²) in [6.07, 6.45) is 1.62. The molecule has 1 aromatic carbocycles. The van der Waals surface area contributed by atoms with Crippen molar-refractivity contribution in [3.63, 3.8) is 0 Å². The Balaban J connectivity index is 1.98. The van der Waals surface area contributed by atoms with Gasteiger partial charge >= 0.3 is 0 Å². The van der Waals surface area contributed by atoms with Crippen LogP contribution in [0.15, 0.2) is 24.3 Å². The van der Waals surface area contributed by atoms with Crippen molar-refractivity contribution in [2.24, 2.45) is 17.0 Å². The Bertz CT molecular complexity index is 631. The standard InChI is InChI=1S/C16H24N2O2S/c1-3-15(21(17,19)20)11-6-5-7-12(8-11)16(4-2)13-9-18-10-14(13)16/h5-8,13-15,18H,3-4,9-10H2,1-2H3,(H2,17,19,20). The molecule has 5 heteroatoms. The third-order valence-electron chi connectivity index (χ3n) is 5.58. The van der Waals surface area contributed by atoms with Gasteiger partial charge < -0.3 is 5.32 Å². The molecule has 1 aliphatic heterocycles. The monoisotopic (exact) mass is 308 g/mol. The first-order valence-electron chi connectivity index (χ1n) is 7.78. The van der Waals surface area contributed by atoms with Gasteiger partial charge in [-0.3, -0.25) is 0 Å². The van der Waals surface area contributed by atoms with Crippen molar-refractivity contribution in [2.75, 3.05) is 13.1 Å². The summed E-state index contributed by atoms with van der Waals surface area (Å²) in [6, 6.07) is 8.11. The maximum atomic E-state index is 11.8. The lowest BCUT2D eigenvalue weighted by Crippen LogP contribution is -2.25. The molecular formula is C16H24N2O2S. The molecule has 0 bridgehead atoms. The predicted molar refractivity (Wildman–Crippen MR) is 84.4 cm³/mol. The van der Waals surface area contributed by atoms with Crippen LogP contribution in [0.1, 0.15) is 43.1 Å². The van der Waals surface area contributed by atoms with Crippen molar-refractivity contribution in [1.82, 2.24) is 5.32 Å². The topological polar surface area (TPSA) is 72.2 Å². The minimum absolute atomic E-state index is 0.248. The van der Waals surface area contributed by atoms with Crippen molar-refractivity contribution >= 4 is 10.0 Å². The van der Waals surface area contributed by atoms with E-state index in [2.05, 4.69) is 24.4 Å². The maximum absolute atomic E-state index is 11.8. The van der Waals surface area contributed by atoms with Crippen LogP contribution in [-0.2, 0) is 15.4 Å². The number of benzene rings is 1. The van der Waals surface area contributed by atoms with Gasteiger partial charge in [-0.25, -0.2) is 13.6 Å². The molecule has 1 aliphatic carbocycles. The van der Waals surface area contributed by atoms with Gasteiger partial charge in [-0.05, 0) is 48.9 Å². The van der Waals surface area contributed by atoms with Crippen LogP contribution < -0.4 is 10.5 Å². The number of nitrogens with two attached hydrogens (primary N) is 1. The largest absolute Gasteiger partial charge is 0.316 e. The Hall–Kier alpha value is -0.910. The average molecular weight is 308 g/mol. The molecule has 116 valence electrons. The van der Waals surface area contributed by atoms with E-state index < -0.39 is 15.3 Å². The first kappa shape index (κ1) is 15.0. The van der Waals surface area contributed by atoms with E-state index in [4.69, 9.17) is 5.14 Å². The second-order valence-corrected chi connectivity index (χ2v) is 8.12. The second kappa shape index (κ2) is 5.07. The number of fused-ring (bicyclic) bond motifs is 1. The lowest BCUT2D eigenvalue weighted by Gasteiger charge is -2.22. The Morgan fingerprint density at radius 2 is 2.00 bits per heavy atom. The van der Waals surface area contributed by atoms with Crippen LogP contribution in [0.4, 0.5) is 0 Å². The van der Waals surface area contributed by atoms with E-state index in [1.165, 1.54) is 5.56 Å². The summed E-state index contributed by atoms with van der Waals surface area (Å²) in [5.41, 5.74) is 2.38. The van der Waals surface area contributed by atoms with Crippen molar-refractivity contribution in [1.29, 1.82) is 0 Å². The smallest absolute Gasteiger partial charge is 0.216 e. The third-order valence-corrected chi connectivity index (χ3v) is 6.98. The molecule has 0 aromatic heterocycles. The zero-order valence-electron chi connectivity index (χ0n) is 12.7. The molecule has 2 fully saturated rings. The summed E-state index contributed by atoms with van der Waals surface area (Å²) in [4.78, 5) is 0. The zero-order chi connectivity index (χ0) is 15.3. The highest BCUT2D eigenvalue weighted by molar-refractivity contribution is 7.89. The minimum Gasteiger partial charge on any atom is -0.316 e. The van der Waals surface area contributed by atoms with Gasteiger partial charge in [0.1, 0.15) is 0 Å². The lowest BCUT2D eigenvalue weighted by molar-refractivity contribution is 0.501. The zero-order valence-corrected chi connectivity index (χ0v) is 13.5. The molecule has 1 aromatic rings. The maximum Gasteiger partial charge on any atom is 0.216 e. The number of nitrogens with one attached hydrogen (secondary N) is 1. The summed E-state index contributed by atoms with van der Waals surface area (Å²) >= 11 is 0. The summed E-state index contributed by atoms with van der Waals surface area (Å²) < 4.78 is 23.5. The predicted octanol–water partition coefficient (Wildman–Crippen LogP) is 1.92. The highest BCUT2D eigenvalue weighted by Gasteiger charge is 2.65. The molecule has 1 saturated heterocycles. The van der Waals surface area contributed by atoms with Crippen LogP contribution in [0.25, 0.3) is 0 Å². The van der Waals surface area contributed by atoms with Gasteiger partial charge in [0.2, 0.25) is 10.0 Å². The van der Waals surface area contributed by atoms with Crippen LogP contribution in [0.2, 0.25) is 0 Å². The molecular weight excluding hydrogens is 284 g/mol. The fraction of sp³-hybridized carbons (Fsp3) is 0.625. The number of sulfonamides is 1. The molecule has 1 saturated carbocycles. The first-order chi connectivity index (χ1) is 9.95. The molecule has 21 heavy (non-hydrogen) atoms. The van der Waals surface area contributed by atoms with E-state index >= 15 is 0 Å². The molecule has 3 unspecified atom stereocenters. The molecule has 0 amide bonds. The summed E-state index contributed by atoms with van der Waals surface area (Å²) in [5.74, 6) is 1.40. The van der Waals surface area contributed by atoms with E-state index in [1.54, 1.807) is 0 Å². The van der Waals surface area contributed by atoms with E-state index in [0.29, 0.717) is 18.3 Å². The molecule has 4 nitrogen and oxygen atoms in total. The lowest BCUT2D eigenvalue weighted by atomic mass is 9.86. The normalized spacial score (nSPS) is 32.7.